The van der Waals surface area contributed by atoms with Gasteiger partial charge in [0.25, 0.3) is 5.69 Å². The molecule has 0 spiro atoms. The zero-order chi connectivity index (χ0) is 16.9. The Morgan fingerprint density at radius 3 is 2.43 bits per heavy atom. The van der Waals surface area contributed by atoms with Gasteiger partial charge in [0.1, 0.15) is 0 Å². The molecule has 1 aromatic rings. The van der Waals surface area contributed by atoms with Crippen LogP contribution < -0.4 is 0 Å². The Morgan fingerprint density at radius 2 is 1.91 bits per heavy atom. The summed E-state index contributed by atoms with van der Waals surface area (Å²) in [6.07, 6.45) is 3.17. The third kappa shape index (κ3) is 4.37. The minimum absolute atomic E-state index is 0.0875. The van der Waals surface area contributed by atoms with E-state index in [2.05, 4.69) is 6.58 Å². The zero-order valence-corrected chi connectivity index (χ0v) is 13.6. The Morgan fingerprint density at radius 1 is 1.30 bits per heavy atom. The molecule has 1 fully saturated rings. The molecule has 0 radical (unpaired) electrons. The molecule has 7 nitrogen and oxygen atoms in total. The molecule has 0 unspecified atom stereocenters. The van der Waals surface area contributed by atoms with Crippen molar-refractivity contribution in [2.75, 3.05) is 26.3 Å². The topological polar surface area (TPSA) is 89.8 Å². The zero-order valence-electron chi connectivity index (χ0n) is 12.8. The molecule has 0 bridgehead atoms. The van der Waals surface area contributed by atoms with E-state index in [9.17, 15) is 18.5 Å². The van der Waals surface area contributed by atoms with E-state index >= 15 is 0 Å². The highest BCUT2D eigenvalue weighted by molar-refractivity contribution is 7.89. The van der Waals surface area contributed by atoms with Crippen LogP contribution in [0.1, 0.15) is 12.8 Å². The van der Waals surface area contributed by atoms with E-state index in [-0.39, 0.29) is 10.6 Å². The minimum Gasteiger partial charge on any atom is -0.377 e. The molecule has 2 rings (SSSR count). The van der Waals surface area contributed by atoms with E-state index in [1.807, 2.05) is 0 Å². The van der Waals surface area contributed by atoms with Gasteiger partial charge in [-0.1, -0.05) is 6.08 Å². The van der Waals surface area contributed by atoms with Crippen molar-refractivity contribution in [1.82, 2.24) is 4.31 Å². The van der Waals surface area contributed by atoms with Crippen molar-refractivity contribution in [2.24, 2.45) is 5.92 Å². The lowest BCUT2D eigenvalue weighted by Gasteiger charge is -2.31. The molecule has 1 saturated heterocycles. The molecule has 1 aliphatic rings. The maximum atomic E-state index is 12.5. The molecule has 0 aromatic heterocycles. The van der Waals surface area contributed by atoms with Crippen molar-refractivity contribution in [3.8, 4) is 0 Å². The number of sulfonamides is 1. The number of nitro groups is 1. The van der Waals surface area contributed by atoms with Crippen LogP contribution in [0.3, 0.4) is 0 Å². The second-order valence-corrected chi connectivity index (χ2v) is 7.36. The summed E-state index contributed by atoms with van der Waals surface area (Å²) < 4.78 is 31.9. The molecule has 0 saturated carbocycles. The second kappa shape index (κ2) is 7.67. The summed E-state index contributed by atoms with van der Waals surface area (Å²) in [6.45, 7) is 5.56. The first-order valence-corrected chi connectivity index (χ1v) is 8.82. The quantitative estimate of drug-likeness (QED) is 0.328. The summed E-state index contributed by atoms with van der Waals surface area (Å²) in [4.78, 5) is 10.2. The number of ether oxygens (including phenoxy) is 1. The van der Waals surface area contributed by atoms with Crippen molar-refractivity contribution < 1.29 is 18.1 Å². The van der Waals surface area contributed by atoms with Crippen LogP contribution in [0, 0.1) is 16.0 Å². The first kappa shape index (κ1) is 17.6. The lowest BCUT2D eigenvalue weighted by molar-refractivity contribution is -0.384. The van der Waals surface area contributed by atoms with E-state index in [0.717, 1.165) is 12.8 Å². The molecule has 1 heterocycles. The van der Waals surface area contributed by atoms with Gasteiger partial charge in [-0.15, -0.1) is 6.58 Å². The van der Waals surface area contributed by atoms with E-state index in [4.69, 9.17) is 4.74 Å². The molecular weight excluding hydrogens is 320 g/mol. The van der Waals surface area contributed by atoms with Crippen molar-refractivity contribution in [2.45, 2.75) is 17.7 Å². The fraction of sp³-hybridized carbons (Fsp3) is 0.467. The highest BCUT2D eigenvalue weighted by Gasteiger charge is 2.29. The summed E-state index contributed by atoms with van der Waals surface area (Å²) in [5.41, 5.74) is -0.123. The summed E-state index contributed by atoms with van der Waals surface area (Å²) in [5, 5.41) is 10.6. The van der Waals surface area contributed by atoms with Crippen molar-refractivity contribution in [3.05, 3.63) is 47.0 Å². The van der Waals surface area contributed by atoms with Gasteiger partial charge in [0.05, 0.1) is 16.4 Å². The summed E-state index contributed by atoms with van der Waals surface area (Å²) >= 11 is 0. The number of non-ortho nitro benzene ring substituents is 1. The summed E-state index contributed by atoms with van der Waals surface area (Å²) in [7, 11) is -3.60. The molecule has 1 aromatic carbocycles. The predicted octanol–water partition coefficient (Wildman–Crippen LogP) is 2.20. The van der Waals surface area contributed by atoms with Crippen LogP contribution in [0.5, 0.6) is 0 Å². The Labute approximate surface area is 135 Å². The standard InChI is InChI=1S/C15H20N2O5S/c1-2-11-22-12-13-7-9-16(10-8-13)23(20,21)15-5-3-14(4-6-15)17(18)19/h2-6,13H,1,7-12H2. The fourth-order valence-electron chi connectivity index (χ4n) is 2.52. The van der Waals surface area contributed by atoms with Gasteiger partial charge in [0, 0.05) is 31.8 Å². The van der Waals surface area contributed by atoms with E-state index < -0.39 is 14.9 Å². The van der Waals surface area contributed by atoms with E-state index in [0.29, 0.717) is 32.2 Å². The van der Waals surface area contributed by atoms with E-state index in [1.54, 1.807) is 6.08 Å². The predicted molar refractivity (Wildman–Crippen MR) is 85.6 cm³/mol. The molecular formula is C15H20N2O5S. The van der Waals surface area contributed by atoms with Crippen molar-refractivity contribution >= 4 is 15.7 Å². The Balaban J connectivity index is 1.98. The van der Waals surface area contributed by atoms with Crippen LogP contribution in [0.25, 0.3) is 0 Å². The van der Waals surface area contributed by atoms with Gasteiger partial charge in [0.2, 0.25) is 10.0 Å². The maximum Gasteiger partial charge on any atom is 0.269 e. The lowest BCUT2D eigenvalue weighted by Crippen LogP contribution is -2.39. The highest BCUT2D eigenvalue weighted by Crippen LogP contribution is 2.25. The first-order valence-electron chi connectivity index (χ1n) is 7.38. The average molecular weight is 340 g/mol. The number of hydrogen-bond acceptors (Lipinski definition) is 5. The average Bonchev–Trinajstić information content (AvgIpc) is 2.55. The Hall–Kier alpha value is -1.77. The molecule has 0 N–H and O–H groups in total. The van der Waals surface area contributed by atoms with Crippen LogP contribution >= 0.6 is 0 Å². The molecule has 0 amide bonds. The van der Waals surface area contributed by atoms with Crippen LogP contribution in [-0.4, -0.2) is 43.9 Å². The minimum atomic E-state index is -3.60. The van der Waals surface area contributed by atoms with Gasteiger partial charge in [-0.25, -0.2) is 8.42 Å². The summed E-state index contributed by atoms with van der Waals surface area (Å²) in [6, 6.07) is 4.99. The monoisotopic (exact) mass is 340 g/mol. The van der Waals surface area contributed by atoms with E-state index in [1.165, 1.54) is 28.6 Å². The van der Waals surface area contributed by atoms with Crippen molar-refractivity contribution in [1.29, 1.82) is 0 Å². The van der Waals surface area contributed by atoms with Gasteiger partial charge >= 0.3 is 0 Å². The fourth-order valence-corrected chi connectivity index (χ4v) is 3.99. The number of rotatable bonds is 7. The largest absolute Gasteiger partial charge is 0.377 e. The number of nitrogens with zero attached hydrogens (tertiary/aromatic N) is 2. The number of hydrogen-bond donors (Lipinski definition) is 0. The number of piperidine rings is 1. The first-order chi connectivity index (χ1) is 10.9. The van der Waals surface area contributed by atoms with Crippen LogP contribution in [0.15, 0.2) is 41.8 Å². The van der Waals surface area contributed by atoms with Gasteiger partial charge in [-0.3, -0.25) is 10.1 Å². The molecule has 0 atom stereocenters. The summed E-state index contributed by atoms with van der Waals surface area (Å²) in [5.74, 6) is 0.346. The van der Waals surface area contributed by atoms with Crippen LogP contribution in [0.2, 0.25) is 0 Å². The van der Waals surface area contributed by atoms with Crippen LogP contribution in [-0.2, 0) is 14.8 Å². The molecule has 126 valence electrons. The smallest absolute Gasteiger partial charge is 0.269 e. The SMILES string of the molecule is C=CCOCC1CCN(S(=O)(=O)c2ccc([N+](=O)[O-])cc2)CC1. The molecule has 1 aliphatic heterocycles. The van der Waals surface area contributed by atoms with Gasteiger partial charge in [0.15, 0.2) is 0 Å². The third-order valence-electron chi connectivity index (χ3n) is 3.85. The molecule has 0 aliphatic carbocycles. The van der Waals surface area contributed by atoms with Crippen LogP contribution in [0.4, 0.5) is 5.69 Å². The number of nitro benzene ring substituents is 1. The van der Waals surface area contributed by atoms with Gasteiger partial charge in [-0.05, 0) is 30.9 Å². The third-order valence-corrected chi connectivity index (χ3v) is 5.76. The lowest BCUT2D eigenvalue weighted by atomic mass is 9.99. The number of benzene rings is 1. The van der Waals surface area contributed by atoms with Gasteiger partial charge < -0.3 is 4.74 Å². The second-order valence-electron chi connectivity index (χ2n) is 5.42. The highest BCUT2D eigenvalue weighted by atomic mass is 32.2. The Kier molecular flexibility index (Phi) is 5.86. The van der Waals surface area contributed by atoms with Crippen molar-refractivity contribution in [3.63, 3.8) is 0 Å². The maximum absolute atomic E-state index is 12.5. The molecule has 23 heavy (non-hydrogen) atoms. The molecule has 8 heteroatoms. The Bertz CT molecular complexity index is 649. The normalized spacial score (nSPS) is 17.0. The van der Waals surface area contributed by atoms with Gasteiger partial charge in [-0.2, -0.15) is 4.31 Å².